The van der Waals surface area contributed by atoms with Crippen molar-refractivity contribution in [1.29, 1.82) is 0 Å². The lowest BCUT2D eigenvalue weighted by atomic mass is 10.0. The number of hydrogen-bond acceptors (Lipinski definition) is 3. The first-order chi connectivity index (χ1) is 10.1. The molecule has 0 saturated heterocycles. The second-order valence-corrected chi connectivity index (χ2v) is 6.20. The lowest BCUT2D eigenvalue weighted by molar-refractivity contribution is 0.475. The van der Waals surface area contributed by atoms with Gasteiger partial charge in [-0.3, -0.25) is 5.84 Å². The number of fused-ring (bicyclic) bond motifs is 1. The van der Waals surface area contributed by atoms with Gasteiger partial charge in [0.25, 0.3) is 0 Å². The van der Waals surface area contributed by atoms with Crippen LogP contribution in [0.4, 0.5) is 4.39 Å². The maximum Gasteiger partial charge on any atom is 0.134 e. The predicted molar refractivity (Wildman–Crippen MR) is 89.5 cm³/mol. The van der Waals surface area contributed by atoms with E-state index in [9.17, 15) is 4.39 Å². The number of halogens is 3. The first kappa shape index (κ1) is 14.8. The number of furan rings is 1. The van der Waals surface area contributed by atoms with E-state index in [1.54, 1.807) is 12.1 Å². The molecule has 0 aliphatic heterocycles. The van der Waals surface area contributed by atoms with Gasteiger partial charge in [0.1, 0.15) is 23.2 Å². The molecule has 21 heavy (non-hydrogen) atoms. The lowest BCUT2D eigenvalue weighted by Crippen LogP contribution is -2.29. The van der Waals surface area contributed by atoms with Crippen molar-refractivity contribution < 1.29 is 8.81 Å². The van der Waals surface area contributed by atoms with Crippen LogP contribution in [-0.2, 0) is 0 Å². The summed E-state index contributed by atoms with van der Waals surface area (Å²) in [7, 11) is 0. The van der Waals surface area contributed by atoms with E-state index in [1.807, 2.05) is 18.2 Å². The number of benzene rings is 2. The molecule has 0 radical (unpaired) electrons. The summed E-state index contributed by atoms with van der Waals surface area (Å²) in [6.45, 7) is 0. The second kappa shape index (κ2) is 5.92. The number of nitrogens with two attached hydrogens (primary N) is 1. The summed E-state index contributed by atoms with van der Waals surface area (Å²) < 4.78 is 19.8. The van der Waals surface area contributed by atoms with E-state index < -0.39 is 0 Å². The van der Waals surface area contributed by atoms with Crippen LogP contribution in [0.2, 0.25) is 5.02 Å². The molecule has 3 aromatic rings. The SMILES string of the molecule is NNC(c1cc2cc(Cl)ccc2o1)c1ccc(F)cc1I. The molecule has 0 amide bonds. The normalized spacial score (nSPS) is 12.8. The number of rotatable bonds is 3. The van der Waals surface area contributed by atoms with Gasteiger partial charge in [0, 0.05) is 14.0 Å². The molecule has 1 aromatic heterocycles. The molecule has 1 unspecified atom stereocenters. The van der Waals surface area contributed by atoms with Gasteiger partial charge in [-0.2, -0.15) is 0 Å². The van der Waals surface area contributed by atoms with Crippen molar-refractivity contribution in [2.75, 3.05) is 0 Å². The van der Waals surface area contributed by atoms with E-state index in [0.29, 0.717) is 10.8 Å². The summed E-state index contributed by atoms with van der Waals surface area (Å²) in [5.41, 5.74) is 4.30. The van der Waals surface area contributed by atoms with Crippen LogP contribution in [0.3, 0.4) is 0 Å². The molecule has 0 aliphatic carbocycles. The predicted octanol–water partition coefficient (Wildman–Crippen LogP) is 4.38. The van der Waals surface area contributed by atoms with Gasteiger partial charge in [-0.15, -0.1) is 0 Å². The van der Waals surface area contributed by atoms with Crippen LogP contribution in [0, 0.1) is 9.39 Å². The fourth-order valence-corrected chi connectivity index (χ4v) is 3.21. The van der Waals surface area contributed by atoms with Crippen molar-refractivity contribution in [3.8, 4) is 0 Å². The molecule has 1 heterocycles. The Bertz CT molecular complexity index is 805. The first-order valence-corrected chi connectivity index (χ1v) is 7.64. The molecule has 0 aliphatic rings. The summed E-state index contributed by atoms with van der Waals surface area (Å²) in [6, 6.07) is 11.5. The largest absolute Gasteiger partial charge is 0.459 e. The standard InChI is InChI=1S/C15H11ClFIN2O/c16-9-1-4-13-8(5-9)6-14(21-13)15(20-19)11-3-2-10(17)7-12(11)18/h1-7,15,20H,19H2. The van der Waals surface area contributed by atoms with Crippen molar-refractivity contribution in [2.24, 2.45) is 5.84 Å². The molecular formula is C15H11ClFIN2O. The quantitative estimate of drug-likeness (QED) is 0.378. The molecule has 6 heteroatoms. The minimum Gasteiger partial charge on any atom is -0.459 e. The molecule has 0 bridgehead atoms. The second-order valence-electron chi connectivity index (χ2n) is 4.60. The van der Waals surface area contributed by atoms with Crippen LogP contribution >= 0.6 is 34.2 Å². The van der Waals surface area contributed by atoms with Gasteiger partial charge in [0.15, 0.2) is 0 Å². The van der Waals surface area contributed by atoms with Gasteiger partial charge in [-0.1, -0.05) is 17.7 Å². The van der Waals surface area contributed by atoms with Crippen molar-refractivity contribution in [3.05, 3.63) is 68.2 Å². The average Bonchev–Trinajstić information content (AvgIpc) is 2.84. The van der Waals surface area contributed by atoms with E-state index in [0.717, 1.165) is 20.1 Å². The summed E-state index contributed by atoms with van der Waals surface area (Å²) in [5.74, 6) is 6.03. The highest BCUT2D eigenvalue weighted by Crippen LogP contribution is 2.31. The van der Waals surface area contributed by atoms with Gasteiger partial charge < -0.3 is 4.42 Å². The molecule has 1 atom stereocenters. The van der Waals surface area contributed by atoms with Crippen LogP contribution in [0.5, 0.6) is 0 Å². The Morgan fingerprint density at radius 2 is 2.00 bits per heavy atom. The van der Waals surface area contributed by atoms with E-state index in [-0.39, 0.29) is 11.9 Å². The highest BCUT2D eigenvalue weighted by Gasteiger charge is 2.20. The van der Waals surface area contributed by atoms with Gasteiger partial charge in [0.05, 0.1) is 0 Å². The van der Waals surface area contributed by atoms with Gasteiger partial charge in [-0.05, 0) is 64.6 Å². The molecule has 3 nitrogen and oxygen atoms in total. The molecule has 0 saturated carbocycles. The molecule has 3 N–H and O–H groups in total. The third-order valence-electron chi connectivity index (χ3n) is 3.22. The Hall–Kier alpha value is -1.15. The number of hydrazine groups is 1. The lowest BCUT2D eigenvalue weighted by Gasteiger charge is -2.15. The smallest absolute Gasteiger partial charge is 0.134 e. The van der Waals surface area contributed by atoms with Gasteiger partial charge in [0.2, 0.25) is 0 Å². The Labute approximate surface area is 139 Å². The third kappa shape index (κ3) is 2.91. The summed E-state index contributed by atoms with van der Waals surface area (Å²) in [5, 5.41) is 1.54. The third-order valence-corrected chi connectivity index (χ3v) is 4.39. The minimum absolute atomic E-state index is 0.282. The topological polar surface area (TPSA) is 51.2 Å². The van der Waals surface area contributed by atoms with Crippen LogP contribution in [0.1, 0.15) is 17.4 Å². The van der Waals surface area contributed by atoms with E-state index in [1.165, 1.54) is 12.1 Å². The highest BCUT2D eigenvalue weighted by atomic mass is 127. The fourth-order valence-electron chi connectivity index (χ4n) is 2.24. The summed E-state index contributed by atoms with van der Waals surface area (Å²) in [4.78, 5) is 0. The van der Waals surface area contributed by atoms with E-state index in [2.05, 4.69) is 28.0 Å². The van der Waals surface area contributed by atoms with E-state index in [4.69, 9.17) is 21.9 Å². The van der Waals surface area contributed by atoms with Crippen LogP contribution in [0.15, 0.2) is 46.9 Å². The van der Waals surface area contributed by atoms with Crippen LogP contribution in [0.25, 0.3) is 11.0 Å². The average molecular weight is 417 g/mol. The number of nitrogens with one attached hydrogen (secondary N) is 1. The van der Waals surface area contributed by atoms with Crippen LogP contribution in [-0.4, -0.2) is 0 Å². The Balaban J connectivity index is 2.09. The van der Waals surface area contributed by atoms with Crippen molar-refractivity contribution in [1.82, 2.24) is 5.43 Å². The molecule has 2 aromatic carbocycles. The molecule has 108 valence electrons. The summed E-state index contributed by atoms with van der Waals surface area (Å²) >= 11 is 8.05. The number of hydrogen-bond donors (Lipinski definition) is 2. The van der Waals surface area contributed by atoms with Crippen molar-refractivity contribution >= 4 is 45.2 Å². The first-order valence-electron chi connectivity index (χ1n) is 6.18. The monoisotopic (exact) mass is 416 g/mol. The van der Waals surface area contributed by atoms with Gasteiger partial charge >= 0.3 is 0 Å². The Morgan fingerprint density at radius 3 is 2.71 bits per heavy atom. The molecule has 0 spiro atoms. The summed E-state index contributed by atoms with van der Waals surface area (Å²) in [6.07, 6.45) is 0. The van der Waals surface area contributed by atoms with Crippen molar-refractivity contribution in [3.63, 3.8) is 0 Å². The fraction of sp³-hybridized carbons (Fsp3) is 0.0667. The molecule has 0 fully saturated rings. The molecule has 3 rings (SSSR count). The minimum atomic E-state index is -0.358. The zero-order valence-corrected chi connectivity index (χ0v) is 13.7. The Morgan fingerprint density at radius 1 is 1.19 bits per heavy atom. The zero-order chi connectivity index (χ0) is 15.0. The highest BCUT2D eigenvalue weighted by molar-refractivity contribution is 14.1. The van der Waals surface area contributed by atoms with E-state index >= 15 is 0 Å². The zero-order valence-electron chi connectivity index (χ0n) is 10.7. The van der Waals surface area contributed by atoms with Gasteiger partial charge in [-0.25, -0.2) is 9.82 Å². The van der Waals surface area contributed by atoms with Crippen molar-refractivity contribution in [2.45, 2.75) is 6.04 Å². The van der Waals surface area contributed by atoms with Crippen LogP contribution < -0.4 is 11.3 Å². The molecular weight excluding hydrogens is 406 g/mol. The Kier molecular flexibility index (Phi) is 4.17. The maximum absolute atomic E-state index is 13.2. The maximum atomic E-state index is 13.2.